The number of fused-ring (bicyclic) bond motifs is 1. The molecule has 2 aromatic heterocycles. The number of aromatic nitrogens is 2. The summed E-state index contributed by atoms with van der Waals surface area (Å²) in [4.78, 5) is 32.0. The first kappa shape index (κ1) is 25.7. The first-order valence-electron chi connectivity index (χ1n) is 11.6. The van der Waals surface area contributed by atoms with Gasteiger partial charge in [-0.25, -0.2) is 13.8 Å². The van der Waals surface area contributed by atoms with Gasteiger partial charge >= 0.3 is 0 Å². The molecule has 0 saturated carbocycles. The standard InChI is InChI=1S/C29H25F2N3O3/c1-17(35)33-26(15-18-13-19(30)16-20(31)14-18)27-24(8-7-21(34-27)9-11-29(2,3)37)22-5-4-6-25-23(22)10-12-32-28(25)36/h4-8,10,12-14,16,26,37H,15H2,1-3H3,(H,32,36)(H,33,35)/t26-/m0/s1. The van der Waals surface area contributed by atoms with Crippen LogP contribution in [0.2, 0.25) is 0 Å². The summed E-state index contributed by atoms with van der Waals surface area (Å²) in [7, 11) is 0. The molecule has 6 nitrogen and oxygen atoms in total. The van der Waals surface area contributed by atoms with Crippen molar-refractivity contribution in [1.29, 1.82) is 0 Å². The van der Waals surface area contributed by atoms with Crippen molar-refractivity contribution in [2.24, 2.45) is 0 Å². The number of benzene rings is 2. The molecule has 0 spiro atoms. The lowest BCUT2D eigenvalue weighted by Gasteiger charge is -2.22. The van der Waals surface area contributed by atoms with Crippen molar-refractivity contribution in [3.8, 4) is 23.0 Å². The number of hydrogen-bond acceptors (Lipinski definition) is 4. The van der Waals surface area contributed by atoms with Crippen LogP contribution in [0.3, 0.4) is 0 Å². The molecule has 0 aliphatic carbocycles. The summed E-state index contributed by atoms with van der Waals surface area (Å²) in [5.41, 5.74) is 0.846. The minimum Gasteiger partial charge on any atom is -0.378 e. The lowest BCUT2D eigenvalue weighted by atomic mass is 9.92. The highest BCUT2D eigenvalue weighted by Crippen LogP contribution is 2.33. The summed E-state index contributed by atoms with van der Waals surface area (Å²) in [5, 5.41) is 14.0. The van der Waals surface area contributed by atoms with Gasteiger partial charge in [-0.05, 0) is 79.1 Å². The molecule has 1 amide bonds. The van der Waals surface area contributed by atoms with Crippen LogP contribution in [0.15, 0.2) is 65.6 Å². The highest BCUT2D eigenvalue weighted by Gasteiger charge is 2.22. The van der Waals surface area contributed by atoms with Crippen molar-refractivity contribution in [2.45, 2.75) is 38.8 Å². The molecule has 2 aromatic carbocycles. The minimum atomic E-state index is -1.26. The lowest BCUT2D eigenvalue weighted by molar-refractivity contribution is -0.119. The zero-order valence-corrected chi connectivity index (χ0v) is 20.5. The fourth-order valence-corrected chi connectivity index (χ4v) is 4.14. The average molecular weight is 502 g/mol. The predicted molar refractivity (Wildman–Crippen MR) is 138 cm³/mol. The van der Waals surface area contributed by atoms with E-state index >= 15 is 0 Å². The fraction of sp³-hybridized carbons (Fsp3) is 0.207. The van der Waals surface area contributed by atoms with Crippen molar-refractivity contribution in [3.63, 3.8) is 0 Å². The molecule has 4 rings (SSSR count). The van der Waals surface area contributed by atoms with Gasteiger partial charge in [0.1, 0.15) is 22.9 Å². The van der Waals surface area contributed by atoms with Crippen LogP contribution in [0, 0.1) is 23.5 Å². The van der Waals surface area contributed by atoms with Gasteiger partial charge < -0.3 is 15.4 Å². The summed E-state index contributed by atoms with van der Waals surface area (Å²) in [6.45, 7) is 4.43. The second-order valence-electron chi connectivity index (χ2n) is 9.25. The molecule has 0 radical (unpaired) electrons. The van der Waals surface area contributed by atoms with Gasteiger partial charge in [-0.15, -0.1) is 0 Å². The number of halogens is 2. The Labute approximate surface area is 212 Å². The number of aliphatic hydroxyl groups is 1. The van der Waals surface area contributed by atoms with E-state index < -0.39 is 23.3 Å². The third-order valence-corrected chi connectivity index (χ3v) is 5.60. The Balaban J connectivity index is 1.95. The first-order valence-corrected chi connectivity index (χ1v) is 11.6. The summed E-state index contributed by atoms with van der Waals surface area (Å²) < 4.78 is 27.9. The van der Waals surface area contributed by atoms with E-state index in [9.17, 15) is 23.5 Å². The predicted octanol–water partition coefficient (Wildman–Crippen LogP) is 4.41. The second kappa shape index (κ2) is 10.3. The third-order valence-electron chi connectivity index (χ3n) is 5.60. The van der Waals surface area contributed by atoms with Crippen LogP contribution in [0.25, 0.3) is 21.9 Å². The number of aromatic amines is 1. The van der Waals surface area contributed by atoms with Crippen LogP contribution in [0.1, 0.15) is 43.8 Å². The quantitative estimate of drug-likeness (QED) is 0.353. The van der Waals surface area contributed by atoms with E-state index in [1.165, 1.54) is 19.1 Å². The van der Waals surface area contributed by atoms with Crippen molar-refractivity contribution >= 4 is 16.7 Å². The summed E-state index contributed by atoms with van der Waals surface area (Å²) in [6, 6.07) is 12.9. The fourth-order valence-electron chi connectivity index (χ4n) is 4.14. The Morgan fingerprint density at radius 2 is 1.81 bits per heavy atom. The van der Waals surface area contributed by atoms with E-state index in [0.29, 0.717) is 38.9 Å². The molecule has 4 aromatic rings. The number of amides is 1. The van der Waals surface area contributed by atoms with Gasteiger partial charge in [-0.3, -0.25) is 9.59 Å². The molecule has 0 fully saturated rings. The molecule has 0 aliphatic rings. The maximum Gasteiger partial charge on any atom is 0.255 e. The normalized spacial score (nSPS) is 12.1. The number of H-pyrrole nitrogens is 1. The van der Waals surface area contributed by atoms with Crippen LogP contribution in [-0.2, 0) is 11.2 Å². The topological polar surface area (TPSA) is 95.1 Å². The number of nitrogens with one attached hydrogen (secondary N) is 2. The van der Waals surface area contributed by atoms with Gasteiger partial charge in [0.25, 0.3) is 5.56 Å². The molecule has 0 aliphatic heterocycles. The third kappa shape index (κ3) is 6.26. The molecule has 188 valence electrons. The lowest BCUT2D eigenvalue weighted by Crippen LogP contribution is -2.29. The van der Waals surface area contributed by atoms with E-state index in [1.807, 2.05) is 6.07 Å². The summed E-state index contributed by atoms with van der Waals surface area (Å²) >= 11 is 0. The van der Waals surface area contributed by atoms with Crippen molar-refractivity contribution in [3.05, 3.63) is 99.7 Å². The number of pyridine rings is 2. The number of rotatable bonds is 5. The van der Waals surface area contributed by atoms with Crippen LogP contribution >= 0.6 is 0 Å². The molecule has 8 heteroatoms. The molecule has 1 atom stereocenters. The monoisotopic (exact) mass is 501 g/mol. The number of hydrogen-bond donors (Lipinski definition) is 3. The van der Waals surface area contributed by atoms with E-state index in [2.05, 4.69) is 22.1 Å². The highest BCUT2D eigenvalue weighted by molar-refractivity contribution is 5.96. The molecule has 0 bridgehead atoms. The molecule has 0 saturated heterocycles. The Kier molecular flexibility index (Phi) is 7.18. The Hall–Kier alpha value is -4.35. The molecule has 37 heavy (non-hydrogen) atoms. The number of nitrogens with zero attached hydrogens (tertiary/aromatic N) is 1. The van der Waals surface area contributed by atoms with Gasteiger partial charge in [-0.2, -0.15) is 0 Å². The second-order valence-corrected chi connectivity index (χ2v) is 9.25. The van der Waals surface area contributed by atoms with Gasteiger partial charge in [0.05, 0.1) is 11.7 Å². The van der Waals surface area contributed by atoms with Crippen molar-refractivity contribution in [2.75, 3.05) is 0 Å². The molecule has 0 unspecified atom stereocenters. The van der Waals surface area contributed by atoms with Crippen LogP contribution in [-0.4, -0.2) is 26.6 Å². The maximum absolute atomic E-state index is 14.0. The molecule has 3 N–H and O–H groups in total. The zero-order valence-electron chi connectivity index (χ0n) is 20.5. The molecule has 2 heterocycles. The van der Waals surface area contributed by atoms with Crippen molar-refractivity contribution in [1.82, 2.24) is 15.3 Å². The van der Waals surface area contributed by atoms with Crippen molar-refractivity contribution < 1.29 is 18.7 Å². The van der Waals surface area contributed by atoms with Crippen LogP contribution in [0.5, 0.6) is 0 Å². The maximum atomic E-state index is 14.0. The Bertz CT molecular complexity index is 1590. The summed E-state index contributed by atoms with van der Waals surface area (Å²) in [5.74, 6) is 3.73. The van der Waals surface area contributed by atoms with Gasteiger partial charge in [0, 0.05) is 30.1 Å². The average Bonchev–Trinajstić information content (AvgIpc) is 2.81. The van der Waals surface area contributed by atoms with Gasteiger partial charge in [0.15, 0.2) is 0 Å². The van der Waals surface area contributed by atoms with Gasteiger partial charge in [-0.1, -0.05) is 18.1 Å². The van der Waals surface area contributed by atoms with E-state index in [0.717, 1.165) is 6.07 Å². The SMILES string of the molecule is CC(=O)N[C@@H](Cc1cc(F)cc(F)c1)c1nc(C#CC(C)(C)O)ccc1-c1cccc2c(=O)[nH]ccc12. The smallest absolute Gasteiger partial charge is 0.255 e. The zero-order chi connectivity index (χ0) is 26.7. The Morgan fingerprint density at radius 3 is 2.49 bits per heavy atom. The number of carbonyl (C=O) groups excluding carboxylic acids is 1. The largest absolute Gasteiger partial charge is 0.378 e. The number of carbonyl (C=O) groups is 1. The van der Waals surface area contributed by atoms with E-state index in [-0.39, 0.29) is 17.9 Å². The summed E-state index contributed by atoms with van der Waals surface area (Å²) in [6.07, 6.45) is 1.59. The van der Waals surface area contributed by atoms with Gasteiger partial charge in [0.2, 0.25) is 5.91 Å². The minimum absolute atomic E-state index is 0.0436. The van der Waals surface area contributed by atoms with E-state index in [4.69, 9.17) is 4.98 Å². The van der Waals surface area contributed by atoms with Crippen LogP contribution < -0.4 is 10.9 Å². The Morgan fingerprint density at radius 1 is 1.08 bits per heavy atom. The van der Waals surface area contributed by atoms with Crippen LogP contribution in [0.4, 0.5) is 8.78 Å². The molecular formula is C29H25F2N3O3. The molecular weight excluding hydrogens is 476 g/mol. The van der Waals surface area contributed by atoms with E-state index in [1.54, 1.807) is 50.4 Å². The highest BCUT2D eigenvalue weighted by atomic mass is 19.1. The first-order chi connectivity index (χ1) is 17.5.